The van der Waals surface area contributed by atoms with Crippen molar-refractivity contribution in [3.05, 3.63) is 82.1 Å². The second-order valence-corrected chi connectivity index (χ2v) is 6.56. The average molecular weight is 298 g/mol. The van der Waals surface area contributed by atoms with Gasteiger partial charge in [-0.25, -0.2) is 4.99 Å². The van der Waals surface area contributed by atoms with Crippen LogP contribution in [-0.2, 0) is 12.8 Å². The van der Waals surface area contributed by atoms with Gasteiger partial charge in [-0.05, 0) is 48.3 Å². The van der Waals surface area contributed by atoms with E-state index in [1.54, 1.807) is 0 Å². The van der Waals surface area contributed by atoms with Crippen molar-refractivity contribution in [2.75, 3.05) is 4.90 Å². The summed E-state index contributed by atoms with van der Waals surface area (Å²) in [6, 6.07) is 17.2. The number of para-hydroxylation sites is 2. The third-order valence-electron chi connectivity index (χ3n) is 5.38. The molecule has 5 rings (SSSR count). The highest BCUT2D eigenvalue weighted by Gasteiger charge is 2.36. The zero-order valence-corrected chi connectivity index (χ0v) is 13.4. The van der Waals surface area contributed by atoms with Crippen LogP contribution in [0.15, 0.2) is 75.9 Å². The number of hydrogen-bond donors (Lipinski definition) is 0. The van der Waals surface area contributed by atoms with E-state index in [1.807, 2.05) is 0 Å². The molecule has 0 bridgehead atoms. The molecule has 3 aliphatic heterocycles. The van der Waals surface area contributed by atoms with Crippen LogP contribution in [0.3, 0.4) is 0 Å². The number of aliphatic imine (C=N–C) groups is 1. The lowest BCUT2D eigenvalue weighted by Gasteiger charge is -2.34. The summed E-state index contributed by atoms with van der Waals surface area (Å²) in [4.78, 5) is 7.44. The van der Waals surface area contributed by atoms with Crippen molar-refractivity contribution >= 4 is 17.2 Å². The zero-order valence-electron chi connectivity index (χ0n) is 13.4. The van der Waals surface area contributed by atoms with E-state index >= 15 is 0 Å². The minimum Gasteiger partial charge on any atom is -0.298 e. The minimum atomic E-state index is 0.976. The second kappa shape index (κ2) is 4.45. The monoisotopic (exact) mass is 298 g/mol. The quantitative estimate of drug-likeness (QED) is 0.672. The standard InChI is InChI=1S/C21H18N2/c1-13-14(2)20-12-16-8-4-6-10-19(16)23(20)21-17(13)11-15-7-3-5-9-18(15)22-21/h3-10H,11-12H2,1-2H3. The molecule has 2 heteroatoms. The van der Waals surface area contributed by atoms with Crippen LogP contribution in [0.1, 0.15) is 25.0 Å². The summed E-state index contributed by atoms with van der Waals surface area (Å²) >= 11 is 0. The first-order chi connectivity index (χ1) is 11.2. The molecule has 0 amide bonds. The van der Waals surface area contributed by atoms with Gasteiger partial charge in [0, 0.05) is 24.1 Å². The van der Waals surface area contributed by atoms with E-state index in [1.165, 1.54) is 39.2 Å². The molecule has 0 atom stereocenters. The maximum Gasteiger partial charge on any atom is 0.141 e. The highest BCUT2D eigenvalue weighted by Crippen LogP contribution is 2.45. The lowest BCUT2D eigenvalue weighted by atomic mass is 9.88. The lowest BCUT2D eigenvalue weighted by Crippen LogP contribution is -2.35. The highest BCUT2D eigenvalue weighted by atomic mass is 15.2. The van der Waals surface area contributed by atoms with Crippen molar-refractivity contribution in [3.8, 4) is 0 Å². The predicted molar refractivity (Wildman–Crippen MR) is 95.3 cm³/mol. The third kappa shape index (κ3) is 1.66. The number of anilines is 1. The molecule has 2 aromatic rings. The van der Waals surface area contributed by atoms with E-state index in [9.17, 15) is 0 Å². The van der Waals surface area contributed by atoms with Gasteiger partial charge in [0.05, 0.1) is 11.4 Å². The fourth-order valence-corrected chi connectivity index (χ4v) is 3.97. The fraction of sp³-hybridized carbons (Fsp3) is 0.190. The normalized spacial score (nSPS) is 18.3. The van der Waals surface area contributed by atoms with E-state index in [0.29, 0.717) is 0 Å². The van der Waals surface area contributed by atoms with Gasteiger partial charge in [0.2, 0.25) is 0 Å². The Balaban J connectivity index is 1.79. The maximum atomic E-state index is 5.04. The molecular formula is C21H18N2. The summed E-state index contributed by atoms with van der Waals surface area (Å²) < 4.78 is 0. The van der Waals surface area contributed by atoms with E-state index in [4.69, 9.17) is 4.99 Å². The minimum absolute atomic E-state index is 0.976. The maximum absolute atomic E-state index is 5.04. The molecule has 3 heterocycles. The van der Waals surface area contributed by atoms with Crippen molar-refractivity contribution < 1.29 is 0 Å². The Morgan fingerprint density at radius 2 is 1.57 bits per heavy atom. The Hall–Kier alpha value is -2.61. The van der Waals surface area contributed by atoms with Crippen LogP contribution in [0.25, 0.3) is 0 Å². The first kappa shape index (κ1) is 12.9. The van der Waals surface area contributed by atoms with Crippen molar-refractivity contribution in [2.45, 2.75) is 26.7 Å². The Morgan fingerprint density at radius 1 is 0.826 bits per heavy atom. The first-order valence-electron chi connectivity index (χ1n) is 8.19. The van der Waals surface area contributed by atoms with Crippen LogP contribution in [0.5, 0.6) is 0 Å². The molecule has 0 fully saturated rings. The zero-order chi connectivity index (χ0) is 15.6. The topological polar surface area (TPSA) is 15.6 Å². The number of nitrogens with zero attached hydrogens (tertiary/aromatic N) is 2. The molecule has 0 spiro atoms. The second-order valence-electron chi connectivity index (χ2n) is 6.56. The lowest BCUT2D eigenvalue weighted by molar-refractivity contribution is 1.02. The molecule has 0 saturated carbocycles. The van der Waals surface area contributed by atoms with Crippen LogP contribution in [-0.4, -0.2) is 5.84 Å². The van der Waals surface area contributed by atoms with Crippen molar-refractivity contribution in [3.63, 3.8) is 0 Å². The number of amidine groups is 1. The van der Waals surface area contributed by atoms with Gasteiger partial charge in [-0.3, -0.25) is 4.90 Å². The number of fused-ring (bicyclic) bond motifs is 6. The molecule has 0 radical (unpaired) electrons. The van der Waals surface area contributed by atoms with E-state index in [0.717, 1.165) is 24.4 Å². The van der Waals surface area contributed by atoms with Crippen LogP contribution in [0, 0.1) is 0 Å². The molecule has 0 saturated heterocycles. The number of benzene rings is 2. The predicted octanol–water partition coefficient (Wildman–Crippen LogP) is 4.94. The van der Waals surface area contributed by atoms with Crippen molar-refractivity contribution in [1.82, 2.24) is 0 Å². The molecule has 0 aromatic heterocycles. The van der Waals surface area contributed by atoms with E-state index in [2.05, 4.69) is 67.3 Å². The van der Waals surface area contributed by atoms with Gasteiger partial charge < -0.3 is 0 Å². The molecule has 112 valence electrons. The van der Waals surface area contributed by atoms with Gasteiger partial charge in [-0.1, -0.05) is 36.4 Å². The largest absolute Gasteiger partial charge is 0.298 e. The number of rotatable bonds is 0. The Kier molecular flexibility index (Phi) is 2.49. The summed E-state index contributed by atoms with van der Waals surface area (Å²) in [7, 11) is 0. The third-order valence-corrected chi connectivity index (χ3v) is 5.38. The summed E-state index contributed by atoms with van der Waals surface area (Å²) in [6.45, 7) is 4.51. The summed E-state index contributed by atoms with van der Waals surface area (Å²) in [5, 5.41) is 0. The van der Waals surface area contributed by atoms with Gasteiger partial charge in [-0.2, -0.15) is 0 Å². The smallest absolute Gasteiger partial charge is 0.141 e. The van der Waals surface area contributed by atoms with Crippen LogP contribution in [0.4, 0.5) is 11.4 Å². The first-order valence-corrected chi connectivity index (χ1v) is 8.19. The fourth-order valence-electron chi connectivity index (χ4n) is 3.97. The summed E-state index contributed by atoms with van der Waals surface area (Å²) in [5.41, 5.74) is 10.7. The average Bonchev–Trinajstić information content (AvgIpc) is 2.98. The molecule has 2 aromatic carbocycles. The van der Waals surface area contributed by atoms with Gasteiger partial charge in [0.1, 0.15) is 5.84 Å². The highest BCUT2D eigenvalue weighted by molar-refractivity contribution is 6.17. The van der Waals surface area contributed by atoms with Gasteiger partial charge >= 0.3 is 0 Å². The summed E-state index contributed by atoms with van der Waals surface area (Å²) in [6.07, 6.45) is 1.98. The summed E-state index contributed by atoms with van der Waals surface area (Å²) in [5.74, 6) is 1.13. The Labute approximate surface area is 136 Å². The number of hydrogen-bond acceptors (Lipinski definition) is 2. The Morgan fingerprint density at radius 3 is 2.43 bits per heavy atom. The molecule has 0 N–H and O–H groups in total. The van der Waals surface area contributed by atoms with Crippen LogP contribution in [0.2, 0.25) is 0 Å². The van der Waals surface area contributed by atoms with Crippen molar-refractivity contribution in [2.24, 2.45) is 4.99 Å². The Bertz CT molecular complexity index is 944. The van der Waals surface area contributed by atoms with Gasteiger partial charge in [-0.15, -0.1) is 0 Å². The van der Waals surface area contributed by atoms with Crippen molar-refractivity contribution in [1.29, 1.82) is 0 Å². The van der Waals surface area contributed by atoms with E-state index in [-0.39, 0.29) is 0 Å². The van der Waals surface area contributed by atoms with Crippen LogP contribution < -0.4 is 4.90 Å². The number of allylic oxidation sites excluding steroid dienone is 3. The molecule has 0 aliphatic carbocycles. The van der Waals surface area contributed by atoms with Crippen LogP contribution >= 0.6 is 0 Å². The molecule has 0 unspecified atom stereocenters. The molecule has 23 heavy (non-hydrogen) atoms. The molecule has 3 aliphatic rings. The molecule has 2 nitrogen and oxygen atoms in total. The molecular weight excluding hydrogens is 280 g/mol. The SMILES string of the molecule is CC1=C2Cc3ccccc3N=C2N2C(=C1C)Cc1ccccc12. The van der Waals surface area contributed by atoms with Gasteiger partial charge in [0.15, 0.2) is 0 Å². The van der Waals surface area contributed by atoms with E-state index < -0.39 is 0 Å². The van der Waals surface area contributed by atoms with Gasteiger partial charge in [0.25, 0.3) is 0 Å².